The van der Waals surface area contributed by atoms with E-state index >= 15 is 0 Å². The first-order valence-electron chi connectivity index (χ1n) is 11.1. The zero-order valence-electron chi connectivity index (χ0n) is 19.6. The first-order chi connectivity index (χ1) is 16.5. The number of carbonyl (C=O) groups excluding carboxylic acids is 1. The van der Waals surface area contributed by atoms with Gasteiger partial charge in [-0.25, -0.2) is 8.42 Å². The third-order valence-corrected chi connectivity index (χ3v) is 8.59. The second kappa shape index (κ2) is 9.95. The van der Waals surface area contributed by atoms with E-state index in [1.54, 1.807) is 48.2 Å². The molecule has 35 heavy (non-hydrogen) atoms. The standard InChI is InChI=1S/C26H26Br2N2O4S/c1-4-34-23-13-12-17(27)14-24(23)35(32,33)29-22-11-6-5-8-18(22)25(31)30-15-19-20(26(2,3)16-30)9-7-10-21(19)28/h5-14,29H,4,15-16H2,1-3H3. The summed E-state index contributed by atoms with van der Waals surface area (Å²) in [5.74, 6) is 0.00305. The highest BCUT2D eigenvalue weighted by molar-refractivity contribution is 9.10. The molecule has 9 heteroatoms. The van der Waals surface area contributed by atoms with Crippen molar-refractivity contribution in [3.63, 3.8) is 0 Å². The smallest absolute Gasteiger partial charge is 0.265 e. The molecule has 1 aliphatic rings. The Hall–Kier alpha value is -2.36. The van der Waals surface area contributed by atoms with E-state index in [0.717, 1.165) is 10.0 Å². The third kappa shape index (κ3) is 5.27. The van der Waals surface area contributed by atoms with Crippen molar-refractivity contribution in [1.29, 1.82) is 0 Å². The van der Waals surface area contributed by atoms with Gasteiger partial charge in [0.25, 0.3) is 15.9 Å². The molecule has 3 aromatic rings. The maximum Gasteiger partial charge on any atom is 0.265 e. The maximum absolute atomic E-state index is 13.7. The van der Waals surface area contributed by atoms with Crippen molar-refractivity contribution in [2.45, 2.75) is 37.6 Å². The number of anilines is 1. The van der Waals surface area contributed by atoms with Gasteiger partial charge >= 0.3 is 0 Å². The van der Waals surface area contributed by atoms with Crippen LogP contribution >= 0.6 is 31.9 Å². The Morgan fingerprint density at radius 3 is 2.57 bits per heavy atom. The quantitative estimate of drug-likeness (QED) is 0.348. The minimum Gasteiger partial charge on any atom is -0.492 e. The molecule has 1 aliphatic heterocycles. The van der Waals surface area contributed by atoms with Crippen LogP contribution in [0.5, 0.6) is 5.75 Å². The zero-order chi connectivity index (χ0) is 25.4. The van der Waals surface area contributed by atoms with E-state index in [0.29, 0.717) is 24.2 Å². The fourth-order valence-corrected chi connectivity index (χ4v) is 6.66. The number of carbonyl (C=O) groups is 1. The van der Waals surface area contributed by atoms with E-state index in [1.165, 1.54) is 11.6 Å². The molecule has 0 unspecified atom stereocenters. The Morgan fingerprint density at radius 1 is 1.09 bits per heavy atom. The topological polar surface area (TPSA) is 75.7 Å². The van der Waals surface area contributed by atoms with E-state index in [-0.39, 0.29) is 33.2 Å². The number of rotatable bonds is 6. The lowest BCUT2D eigenvalue weighted by molar-refractivity contribution is 0.0686. The van der Waals surface area contributed by atoms with Gasteiger partial charge in [0.1, 0.15) is 10.6 Å². The van der Waals surface area contributed by atoms with Crippen molar-refractivity contribution in [2.75, 3.05) is 17.9 Å². The average Bonchev–Trinajstić information content (AvgIpc) is 2.80. The number of benzene rings is 3. The molecule has 0 spiro atoms. The molecule has 0 aliphatic carbocycles. The number of fused-ring (bicyclic) bond motifs is 1. The normalized spacial score (nSPS) is 14.8. The number of halogens is 2. The molecule has 6 nitrogen and oxygen atoms in total. The number of amides is 1. The van der Waals surface area contributed by atoms with Gasteiger partial charge < -0.3 is 9.64 Å². The molecule has 4 rings (SSSR count). The number of nitrogens with one attached hydrogen (secondary N) is 1. The van der Waals surface area contributed by atoms with Gasteiger partial charge in [-0.05, 0) is 54.4 Å². The number of nitrogens with zero attached hydrogens (tertiary/aromatic N) is 1. The van der Waals surface area contributed by atoms with Crippen molar-refractivity contribution in [1.82, 2.24) is 4.90 Å². The number of ether oxygens (including phenoxy) is 1. The Kier molecular flexibility index (Phi) is 7.31. The van der Waals surface area contributed by atoms with Gasteiger partial charge in [-0.2, -0.15) is 0 Å². The molecule has 0 aromatic heterocycles. The largest absolute Gasteiger partial charge is 0.492 e. The maximum atomic E-state index is 13.7. The summed E-state index contributed by atoms with van der Waals surface area (Å²) in [6, 6.07) is 17.6. The molecule has 1 heterocycles. The molecule has 0 bridgehead atoms. The van der Waals surface area contributed by atoms with Crippen LogP contribution in [0.1, 0.15) is 42.3 Å². The summed E-state index contributed by atoms with van der Waals surface area (Å²) in [5.41, 5.74) is 2.50. The first-order valence-corrected chi connectivity index (χ1v) is 14.2. The number of sulfonamides is 1. The van der Waals surface area contributed by atoms with Gasteiger partial charge in [-0.1, -0.05) is 70.0 Å². The number of para-hydroxylation sites is 1. The van der Waals surface area contributed by atoms with Crippen LogP contribution in [0.3, 0.4) is 0 Å². The lowest BCUT2D eigenvalue weighted by Gasteiger charge is -2.40. The van der Waals surface area contributed by atoms with Crippen molar-refractivity contribution < 1.29 is 17.9 Å². The Labute approximate surface area is 223 Å². The minimum atomic E-state index is -4.04. The summed E-state index contributed by atoms with van der Waals surface area (Å²) < 4.78 is 36.4. The third-order valence-electron chi connectivity index (χ3n) is 5.97. The van der Waals surface area contributed by atoms with E-state index in [4.69, 9.17) is 4.74 Å². The predicted molar refractivity (Wildman–Crippen MR) is 144 cm³/mol. The van der Waals surface area contributed by atoms with Crippen LogP contribution < -0.4 is 9.46 Å². The Balaban J connectivity index is 1.69. The molecular formula is C26H26Br2N2O4S. The van der Waals surface area contributed by atoms with E-state index in [2.05, 4.69) is 56.5 Å². The van der Waals surface area contributed by atoms with Gasteiger partial charge in [0.2, 0.25) is 0 Å². The van der Waals surface area contributed by atoms with Crippen molar-refractivity contribution in [3.8, 4) is 5.75 Å². The molecule has 0 radical (unpaired) electrons. The van der Waals surface area contributed by atoms with E-state index in [9.17, 15) is 13.2 Å². The fraction of sp³-hybridized carbons (Fsp3) is 0.269. The van der Waals surface area contributed by atoms with Gasteiger partial charge in [0.05, 0.1) is 17.9 Å². The Bertz CT molecular complexity index is 1390. The molecule has 0 fully saturated rings. The minimum absolute atomic E-state index is 0.00654. The first kappa shape index (κ1) is 25.7. The summed E-state index contributed by atoms with van der Waals surface area (Å²) in [6.07, 6.45) is 0. The summed E-state index contributed by atoms with van der Waals surface area (Å²) in [7, 11) is -4.04. The van der Waals surface area contributed by atoms with Crippen LogP contribution in [0, 0.1) is 0 Å². The van der Waals surface area contributed by atoms with Gasteiger partial charge in [-0.15, -0.1) is 0 Å². The van der Waals surface area contributed by atoms with Crippen LogP contribution in [0.2, 0.25) is 0 Å². The molecule has 0 saturated heterocycles. The number of hydrogen-bond donors (Lipinski definition) is 1. The second-order valence-corrected chi connectivity index (χ2v) is 12.4. The highest BCUT2D eigenvalue weighted by Crippen LogP contribution is 2.38. The lowest BCUT2D eigenvalue weighted by atomic mass is 9.78. The van der Waals surface area contributed by atoms with E-state index in [1.807, 2.05) is 12.1 Å². The van der Waals surface area contributed by atoms with Crippen molar-refractivity contribution >= 4 is 53.5 Å². The average molecular weight is 622 g/mol. The highest BCUT2D eigenvalue weighted by atomic mass is 79.9. The summed E-state index contributed by atoms with van der Waals surface area (Å²) >= 11 is 6.96. The lowest BCUT2D eigenvalue weighted by Crippen LogP contribution is -2.45. The highest BCUT2D eigenvalue weighted by Gasteiger charge is 2.36. The zero-order valence-corrected chi connectivity index (χ0v) is 23.6. The van der Waals surface area contributed by atoms with Crippen LogP contribution in [-0.2, 0) is 22.0 Å². The molecule has 1 amide bonds. The molecule has 0 atom stereocenters. The summed E-state index contributed by atoms with van der Waals surface area (Å²) in [4.78, 5) is 15.5. The van der Waals surface area contributed by atoms with Gasteiger partial charge in [0, 0.05) is 27.4 Å². The monoisotopic (exact) mass is 620 g/mol. The van der Waals surface area contributed by atoms with Crippen LogP contribution in [0.15, 0.2) is 74.5 Å². The molecule has 1 N–H and O–H groups in total. The Morgan fingerprint density at radius 2 is 1.83 bits per heavy atom. The van der Waals surface area contributed by atoms with Crippen LogP contribution in [0.4, 0.5) is 5.69 Å². The number of hydrogen-bond acceptors (Lipinski definition) is 4. The van der Waals surface area contributed by atoms with Crippen molar-refractivity contribution in [2.24, 2.45) is 0 Å². The fourth-order valence-electron chi connectivity index (χ4n) is 4.40. The molecular weight excluding hydrogens is 596 g/mol. The molecule has 184 valence electrons. The molecule has 3 aromatic carbocycles. The van der Waals surface area contributed by atoms with Crippen LogP contribution in [-0.4, -0.2) is 32.4 Å². The predicted octanol–water partition coefficient (Wildman–Crippen LogP) is 6.34. The SMILES string of the molecule is CCOc1ccc(Br)cc1S(=O)(=O)Nc1ccccc1C(=O)N1Cc2c(Br)cccc2C(C)(C)C1. The van der Waals surface area contributed by atoms with Crippen LogP contribution in [0.25, 0.3) is 0 Å². The summed E-state index contributed by atoms with van der Waals surface area (Å²) in [6.45, 7) is 7.26. The summed E-state index contributed by atoms with van der Waals surface area (Å²) in [5, 5.41) is 0. The van der Waals surface area contributed by atoms with Gasteiger partial charge in [-0.3, -0.25) is 9.52 Å². The van der Waals surface area contributed by atoms with Gasteiger partial charge in [0.15, 0.2) is 0 Å². The van der Waals surface area contributed by atoms with E-state index < -0.39 is 10.0 Å². The van der Waals surface area contributed by atoms with Crippen molar-refractivity contribution in [3.05, 3.63) is 86.3 Å². The molecule has 0 saturated carbocycles. The second-order valence-electron chi connectivity index (χ2n) is 8.99.